The van der Waals surface area contributed by atoms with Gasteiger partial charge in [0.15, 0.2) is 0 Å². The largest absolute Gasteiger partial charge is 0.383 e. The van der Waals surface area contributed by atoms with Crippen molar-refractivity contribution in [2.45, 2.75) is 12.6 Å². The van der Waals surface area contributed by atoms with Gasteiger partial charge in [0.1, 0.15) is 0 Å². The first kappa shape index (κ1) is 15.8. The molecule has 20 heavy (non-hydrogen) atoms. The van der Waals surface area contributed by atoms with Crippen molar-refractivity contribution >= 4 is 34.2 Å². The lowest BCUT2D eigenvalue weighted by Gasteiger charge is -2.19. The van der Waals surface area contributed by atoms with Gasteiger partial charge in [-0.3, -0.25) is 4.68 Å². The SMILES string of the molecule is CNC(c1cccc(I)c1)c1c(Cl)cnn1CCOC. The molecule has 1 heterocycles. The van der Waals surface area contributed by atoms with Gasteiger partial charge in [-0.1, -0.05) is 23.7 Å². The molecule has 4 nitrogen and oxygen atoms in total. The topological polar surface area (TPSA) is 39.1 Å². The Morgan fingerprint density at radius 1 is 1.50 bits per heavy atom. The van der Waals surface area contributed by atoms with Gasteiger partial charge in [-0.15, -0.1) is 0 Å². The molecule has 0 aliphatic rings. The monoisotopic (exact) mass is 405 g/mol. The van der Waals surface area contributed by atoms with Gasteiger partial charge in [0, 0.05) is 10.7 Å². The van der Waals surface area contributed by atoms with E-state index in [1.54, 1.807) is 13.3 Å². The van der Waals surface area contributed by atoms with Gasteiger partial charge in [0.25, 0.3) is 0 Å². The lowest BCUT2D eigenvalue weighted by Crippen LogP contribution is -2.23. The van der Waals surface area contributed by atoms with Crippen molar-refractivity contribution in [2.24, 2.45) is 0 Å². The zero-order valence-corrected chi connectivity index (χ0v) is 14.4. The van der Waals surface area contributed by atoms with Crippen molar-refractivity contribution in [1.29, 1.82) is 0 Å². The predicted molar refractivity (Wildman–Crippen MR) is 89.2 cm³/mol. The van der Waals surface area contributed by atoms with E-state index in [9.17, 15) is 0 Å². The minimum Gasteiger partial charge on any atom is -0.383 e. The molecule has 0 amide bonds. The molecule has 1 aromatic carbocycles. The Hall–Kier alpha value is -0.630. The third kappa shape index (κ3) is 3.52. The molecule has 0 aliphatic carbocycles. The molecule has 1 N–H and O–H groups in total. The minimum atomic E-state index is 0.0107. The maximum atomic E-state index is 6.32. The molecule has 0 radical (unpaired) electrons. The molecule has 6 heteroatoms. The number of hydrogen-bond acceptors (Lipinski definition) is 3. The van der Waals surface area contributed by atoms with Gasteiger partial charge in [-0.25, -0.2) is 0 Å². The molecule has 2 rings (SSSR count). The van der Waals surface area contributed by atoms with E-state index in [1.807, 2.05) is 17.8 Å². The molecule has 1 unspecified atom stereocenters. The third-order valence-corrected chi connectivity index (χ3v) is 4.05. The number of hydrogen-bond donors (Lipinski definition) is 1. The Labute approximate surface area is 137 Å². The summed E-state index contributed by atoms with van der Waals surface area (Å²) < 4.78 is 8.21. The highest BCUT2D eigenvalue weighted by atomic mass is 127. The van der Waals surface area contributed by atoms with Crippen LogP contribution in [0.4, 0.5) is 0 Å². The number of aromatic nitrogens is 2. The van der Waals surface area contributed by atoms with E-state index in [-0.39, 0.29) is 6.04 Å². The molecule has 0 fully saturated rings. The number of rotatable bonds is 6. The second-order valence-electron chi connectivity index (χ2n) is 4.37. The lowest BCUT2D eigenvalue weighted by atomic mass is 10.0. The van der Waals surface area contributed by atoms with Gasteiger partial charge in [0.2, 0.25) is 0 Å². The van der Waals surface area contributed by atoms with Crippen LogP contribution < -0.4 is 5.32 Å². The van der Waals surface area contributed by atoms with Crippen LogP contribution in [0.1, 0.15) is 17.3 Å². The molecule has 0 saturated heterocycles. The Morgan fingerprint density at radius 3 is 2.95 bits per heavy atom. The van der Waals surface area contributed by atoms with Crippen LogP contribution >= 0.6 is 34.2 Å². The van der Waals surface area contributed by atoms with E-state index in [4.69, 9.17) is 16.3 Å². The summed E-state index contributed by atoms with van der Waals surface area (Å²) >= 11 is 8.63. The van der Waals surface area contributed by atoms with E-state index in [2.05, 4.69) is 51.2 Å². The van der Waals surface area contributed by atoms with E-state index in [0.29, 0.717) is 18.2 Å². The molecule has 0 spiro atoms. The van der Waals surface area contributed by atoms with Crippen LogP contribution in [0.2, 0.25) is 5.02 Å². The maximum Gasteiger partial charge on any atom is 0.0837 e. The number of halogens is 2. The molecule has 0 saturated carbocycles. The number of benzene rings is 1. The predicted octanol–water partition coefficient (Wildman–Crippen LogP) is 3.10. The number of nitrogens with zero attached hydrogens (tertiary/aromatic N) is 2. The molecule has 0 aliphatic heterocycles. The summed E-state index contributed by atoms with van der Waals surface area (Å²) in [5.74, 6) is 0. The van der Waals surface area contributed by atoms with Crippen LogP contribution in [-0.2, 0) is 11.3 Å². The van der Waals surface area contributed by atoms with Crippen LogP contribution in [0, 0.1) is 3.57 Å². The van der Waals surface area contributed by atoms with Crippen molar-refractivity contribution in [2.75, 3.05) is 20.8 Å². The highest BCUT2D eigenvalue weighted by Crippen LogP contribution is 2.28. The minimum absolute atomic E-state index is 0.0107. The van der Waals surface area contributed by atoms with Crippen LogP contribution in [0.3, 0.4) is 0 Å². The van der Waals surface area contributed by atoms with E-state index < -0.39 is 0 Å². The quantitative estimate of drug-likeness (QED) is 0.751. The first-order valence-electron chi connectivity index (χ1n) is 6.30. The van der Waals surface area contributed by atoms with Crippen LogP contribution in [0.25, 0.3) is 0 Å². The summed E-state index contributed by atoms with van der Waals surface area (Å²) in [6, 6.07) is 8.36. The number of nitrogens with one attached hydrogen (secondary N) is 1. The zero-order chi connectivity index (χ0) is 14.5. The number of methoxy groups -OCH3 is 1. The van der Waals surface area contributed by atoms with Crippen LogP contribution in [0.5, 0.6) is 0 Å². The normalized spacial score (nSPS) is 12.6. The van der Waals surface area contributed by atoms with E-state index >= 15 is 0 Å². The molecule has 108 valence electrons. The average molecular weight is 406 g/mol. The van der Waals surface area contributed by atoms with Crippen molar-refractivity contribution in [3.05, 3.63) is 50.3 Å². The molecular formula is C14H17ClIN3O. The van der Waals surface area contributed by atoms with Crippen LogP contribution in [-0.4, -0.2) is 30.5 Å². The maximum absolute atomic E-state index is 6.32. The van der Waals surface area contributed by atoms with Crippen molar-refractivity contribution in [3.8, 4) is 0 Å². The third-order valence-electron chi connectivity index (χ3n) is 3.08. The summed E-state index contributed by atoms with van der Waals surface area (Å²) in [5.41, 5.74) is 2.13. The Morgan fingerprint density at radius 2 is 2.30 bits per heavy atom. The second-order valence-corrected chi connectivity index (χ2v) is 6.02. The van der Waals surface area contributed by atoms with E-state index in [1.165, 1.54) is 9.13 Å². The molecule has 1 aromatic heterocycles. The fourth-order valence-corrected chi connectivity index (χ4v) is 2.98. The summed E-state index contributed by atoms with van der Waals surface area (Å²) in [5, 5.41) is 8.32. The van der Waals surface area contributed by atoms with Gasteiger partial charge in [-0.2, -0.15) is 5.10 Å². The molecule has 1 atom stereocenters. The second kappa shape index (κ2) is 7.40. The van der Waals surface area contributed by atoms with Crippen molar-refractivity contribution in [3.63, 3.8) is 0 Å². The highest BCUT2D eigenvalue weighted by Gasteiger charge is 2.20. The van der Waals surface area contributed by atoms with Gasteiger partial charge in [0.05, 0.1) is 36.1 Å². The van der Waals surface area contributed by atoms with Gasteiger partial charge >= 0.3 is 0 Å². The van der Waals surface area contributed by atoms with Crippen molar-refractivity contribution < 1.29 is 4.74 Å². The fraction of sp³-hybridized carbons (Fsp3) is 0.357. The van der Waals surface area contributed by atoms with Gasteiger partial charge in [-0.05, 0) is 47.3 Å². The smallest absolute Gasteiger partial charge is 0.0837 e. The van der Waals surface area contributed by atoms with Crippen molar-refractivity contribution in [1.82, 2.24) is 15.1 Å². The average Bonchev–Trinajstić information content (AvgIpc) is 2.79. The highest BCUT2D eigenvalue weighted by molar-refractivity contribution is 14.1. The summed E-state index contributed by atoms with van der Waals surface area (Å²) in [7, 11) is 3.61. The summed E-state index contributed by atoms with van der Waals surface area (Å²) in [6.45, 7) is 1.29. The molecule has 0 bridgehead atoms. The molecule has 2 aromatic rings. The number of ether oxygens (including phenoxy) is 1. The first-order chi connectivity index (χ1) is 9.67. The fourth-order valence-electron chi connectivity index (χ4n) is 2.16. The molecular weight excluding hydrogens is 389 g/mol. The zero-order valence-electron chi connectivity index (χ0n) is 11.4. The van der Waals surface area contributed by atoms with Crippen LogP contribution in [0.15, 0.2) is 30.5 Å². The Kier molecular flexibility index (Phi) is 5.83. The summed E-state index contributed by atoms with van der Waals surface area (Å²) in [4.78, 5) is 0. The Bertz CT molecular complexity index is 573. The standard InChI is InChI=1S/C14H17ClIN3O/c1-17-13(10-4-3-5-11(16)8-10)14-12(15)9-18-19(14)6-7-20-2/h3-5,8-9,13,17H,6-7H2,1-2H3. The Balaban J connectivity index is 2.38. The van der Waals surface area contributed by atoms with E-state index in [0.717, 1.165) is 5.69 Å². The van der Waals surface area contributed by atoms with Gasteiger partial charge < -0.3 is 10.1 Å². The first-order valence-corrected chi connectivity index (χ1v) is 7.76. The lowest BCUT2D eigenvalue weighted by molar-refractivity contribution is 0.182. The summed E-state index contributed by atoms with van der Waals surface area (Å²) in [6.07, 6.45) is 1.69.